The summed E-state index contributed by atoms with van der Waals surface area (Å²) in [7, 11) is 2.81. The first-order valence-electron chi connectivity index (χ1n) is 9.56. The van der Waals surface area contributed by atoms with Gasteiger partial charge in [0.15, 0.2) is 17.5 Å². The molecule has 0 aliphatic heterocycles. The van der Waals surface area contributed by atoms with Crippen LogP contribution in [0.2, 0.25) is 0 Å². The summed E-state index contributed by atoms with van der Waals surface area (Å²) < 4.78 is 36.1. The summed E-state index contributed by atoms with van der Waals surface area (Å²) in [5.41, 5.74) is 1.94. The molecule has 0 heterocycles. The van der Waals surface area contributed by atoms with E-state index in [-0.39, 0.29) is 4.90 Å². The molecule has 0 saturated heterocycles. The Kier molecular flexibility index (Phi) is 8.49. The van der Waals surface area contributed by atoms with Crippen LogP contribution in [0.25, 0.3) is 0 Å². The van der Waals surface area contributed by atoms with E-state index in [2.05, 4.69) is 15.6 Å². The normalized spacial score (nSPS) is 12.0. The van der Waals surface area contributed by atoms with Crippen molar-refractivity contribution in [2.45, 2.75) is 24.9 Å². The van der Waals surface area contributed by atoms with Crippen molar-refractivity contribution in [3.05, 3.63) is 53.6 Å². The number of sulfonamides is 1. The minimum atomic E-state index is -3.43. The van der Waals surface area contributed by atoms with E-state index in [1.54, 1.807) is 38.5 Å². The number of ether oxygens (including phenoxy) is 2. The molecule has 30 heavy (non-hydrogen) atoms. The van der Waals surface area contributed by atoms with E-state index >= 15 is 0 Å². The van der Waals surface area contributed by atoms with Crippen molar-refractivity contribution < 1.29 is 17.9 Å². The second-order valence-electron chi connectivity index (χ2n) is 6.67. The molecule has 8 nitrogen and oxygen atoms in total. The van der Waals surface area contributed by atoms with Gasteiger partial charge in [0, 0.05) is 27.2 Å². The maximum absolute atomic E-state index is 12.2. The molecule has 0 fully saturated rings. The Morgan fingerprint density at radius 2 is 1.60 bits per heavy atom. The lowest BCUT2D eigenvalue weighted by molar-refractivity contribution is 0.354. The van der Waals surface area contributed by atoms with Gasteiger partial charge in [-0.15, -0.1) is 0 Å². The van der Waals surface area contributed by atoms with E-state index in [1.807, 2.05) is 25.1 Å². The molecule has 2 N–H and O–H groups in total. The Balaban J connectivity index is 2.05. The van der Waals surface area contributed by atoms with Crippen molar-refractivity contribution in [3.63, 3.8) is 0 Å². The number of nitrogens with one attached hydrogen (secondary N) is 2. The van der Waals surface area contributed by atoms with E-state index < -0.39 is 10.0 Å². The largest absolute Gasteiger partial charge is 0.493 e. The number of hydrogen-bond donors (Lipinski definition) is 2. The average molecular weight is 435 g/mol. The summed E-state index contributed by atoms with van der Waals surface area (Å²) in [5.74, 6) is 2.00. The van der Waals surface area contributed by atoms with E-state index in [9.17, 15) is 8.42 Å². The zero-order valence-corrected chi connectivity index (χ0v) is 18.9. The van der Waals surface area contributed by atoms with Crippen molar-refractivity contribution in [2.75, 3.05) is 34.9 Å². The average Bonchev–Trinajstić information content (AvgIpc) is 2.75. The van der Waals surface area contributed by atoms with Crippen molar-refractivity contribution in [2.24, 2.45) is 4.99 Å². The summed E-state index contributed by atoms with van der Waals surface area (Å²) in [6.07, 6.45) is 0. The van der Waals surface area contributed by atoms with Crippen LogP contribution in [0.3, 0.4) is 0 Å². The first-order chi connectivity index (χ1) is 14.3. The van der Waals surface area contributed by atoms with Gasteiger partial charge in [0.05, 0.1) is 25.7 Å². The predicted molar refractivity (Wildman–Crippen MR) is 119 cm³/mol. The van der Waals surface area contributed by atoms with Crippen LogP contribution in [-0.2, 0) is 23.1 Å². The van der Waals surface area contributed by atoms with Crippen LogP contribution in [0.5, 0.6) is 11.5 Å². The van der Waals surface area contributed by atoms with Crippen LogP contribution >= 0.6 is 0 Å². The van der Waals surface area contributed by atoms with Crippen LogP contribution in [-0.4, -0.2) is 53.5 Å². The van der Waals surface area contributed by atoms with Crippen molar-refractivity contribution >= 4 is 16.0 Å². The highest BCUT2D eigenvalue weighted by molar-refractivity contribution is 7.89. The molecule has 0 spiro atoms. The first kappa shape index (κ1) is 23.5. The molecule has 0 unspecified atom stereocenters. The van der Waals surface area contributed by atoms with Gasteiger partial charge in [0.1, 0.15) is 0 Å². The minimum absolute atomic E-state index is 0.269. The van der Waals surface area contributed by atoms with Gasteiger partial charge in [-0.2, -0.15) is 0 Å². The van der Waals surface area contributed by atoms with Gasteiger partial charge in [-0.25, -0.2) is 17.7 Å². The van der Waals surface area contributed by atoms with Crippen LogP contribution in [0.15, 0.2) is 52.4 Å². The third-order valence-corrected chi connectivity index (χ3v) is 6.20. The summed E-state index contributed by atoms with van der Waals surface area (Å²) in [5, 5.41) is 6.47. The zero-order chi connectivity index (χ0) is 22.1. The Morgan fingerprint density at radius 1 is 0.967 bits per heavy atom. The van der Waals surface area contributed by atoms with Gasteiger partial charge in [-0.3, -0.25) is 0 Å². The van der Waals surface area contributed by atoms with Crippen LogP contribution < -0.4 is 20.1 Å². The summed E-state index contributed by atoms with van der Waals surface area (Å²) in [6.45, 7) is 3.70. The molecule has 0 atom stereocenters. The topological polar surface area (TPSA) is 92.3 Å². The van der Waals surface area contributed by atoms with Crippen molar-refractivity contribution in [1.82, 2.24) is 14.9 Å². The van der Waals surface area contributed by atoms with E-state index in [1.165, 1.54) is 18.4 Å². The summed E-state index contributed by atoms with van der Waals surface area (Å²) in [6, 6.07) is 12.5. The maximum atomic E-state index is 12.2. The highest BCUT2D eigenvalue weighted by atomic mass is 32.2. The third-order valence-electron chi connectivity index (χ3n) is 4.37. The highest BCUT2D eigenvalue weighted by Gasteiger charge is 2.16. The lowest BCUT2D eigenvalue weighted by Gasteiger charge is -2.13. The fraction of sp³-hybridized carbons (Fsp3) is 0.381. The molecular weight excluding hydrogens is 404 g/mol. The molecule has 2 rings (SSSR count). The quantitative estimate of drug-likeness (QED) is 0.464. The third kappa shape index (κ3) is 6.11. The van der Waals surface area contributed by atoms with E-state index in [0.29, 0.717) is 30.5 Å². The van der Waals surface area contributed by atoms with Crippen molar-refractivity contribution in [1.29, 1.82) is 0 Å². The molecule has 164 valence electrons. The SMILES string of the molecule is CCNC(=NCc1ccc(OC)c(OC)c1)NCc1ccc(S(=O)(=O)N(C)C)cc1. The van der Waals surface area contributed by atoms with Gasteiger partial charge < -0.3 is 20.1 Å². The van der Waals surface area contributed by atoms with Gasteiger partial charge in [0.2, 0.25) is 10.0 Å². The van der Waals surface area contributed by atoms with Crippen LogP contribution in [0.1, 0.15) is 18.1 Å². The number of benzene rings is 2. The summed E-state index contributed by atoms with van der Waals surface area (Å²) >= 11 is 0. The Hall–Kier alpha value is -2.78. The summed E-state index contributed by atoms with van der Waals surface area (Å²) in [4.78, 5) is 4.87. The van der Waals surface area contributed by atoms with Gasteiger partial charge in [0.25, 0.3) is 0 Å². The number of guanidine groups is 1. The Labute approximate surface area is 179 Å². The molecule has 2 aromatic rings. The number of methoxy groups -OCH3 is 2. The Bertz CT molecular complexity index is 957. The van der Waals surface area contributed by atoms with Gasteiger partial charge in [-0.1, -0.05) is 18.2 Å². The fourth-order valence-corrected chi connectivity index (χ4v) is 3.57. The Morgan fingerprint density at radius 3 is 2.17 bits per heavy atom. The van der Waals surface area contributed by atoms with Gasteiger partial charge in [-0.05, 0) is 42.3 Å². The maximum Gasteiger partial charge on any atom is 0.242 e. The van der Waals surface area contributed by atoms with Crippen LogP contribution in [0, 0.1) is 0 Å². The molecule has 0 aromatic heterocycles. The van der Waals surface area contributed by atoms with E-state index in [0.717, 1.165) is 17.7 Å². The monoisotopic (exact) mass is 434 g/mol. The number of nitrogens with zero attached hydrogens (tertiary/aromatic N) is 2. The molecule has 2 aromatic carbocycles. The highest BCUT2D eigenvalue weighted by Crippen LogP contribution is 2.27. The zero-order valence-electron chi connectivity index (χ0n) is 18.1. The molecule has 0 amide bonds. The number of hydrogen-bond acceptors (Lipinski definition) is 5. The fourth-order valence-electron chi connectivity index (χ4n) is 2.67. The second-order valence-corrected chi connectivity index (χ2v) is 8.82. The number of aliphatic imine (C=N–C) groups is 1. The molecule has 0 saturated carbocycles. The lowest BCUT2D eigenvalue weighted by Crippen LogP contribution is -2.36. The van der Waals surface area contributed by atoms with Crippen molar-refractivity contribution in [3.8, 4) is 11.5 Å². The predicted octanol–water partition coefficient (Wildman–Crippen LogP) is 2.21. The van der Waals surface area contributed by atoms with Gasteiger partial charge >= 0.3 is 0 Å². The molecule has 0 bridgehead atoms. The first-order valence-corrected chi connectivity index (χ1v) is 11.0. The minimum Gasteiger partial charge on any atom is -0.493 e. The van der Waals surface area contributed by atoms with Crippen LogP contribution in [0.4, 0.5) is 0 Å². The molecule has 0 radical (unpaired) electrons. The smallest absolute Gasteiger partial charge is 0.242 e. The molecule has 0 aliphatic rings. The second kappa shape index (κ2) is 10.8. The number of rotatable bonds is 9. The van der Waals surface area contributed by atoms with E-state index in [4.69, 9.17) is 9.47 Å². The molecule has 9 heteroatoms. The molecule has 0 aliphatic carbocycles. The standard InChI is InChI=1S/C21H30N4O4S/c1-6-22-21(24-15-17-9-12-19(28-4)20(13-17)29-5)23-14-16-7-10-18(11-8-16)30(26,27)25(2)3/h7-13H,6,14-15H2,1-5H3,(H2,22,23,24). The molecular formula is C21H30N4O4S. The lowest BCUT2D eigenvalue weighted by atomic mass is 10.2.